The summed E-state index contributed by atoms with van der Waals surface area (Å²) in [5.41, 5.74) is -0.0643. The van der Waals surface area contributed by atoms with Crippen LogP contribution in [0.5, 0.6) is 0 Å². The molecule has 0 unspecified atom stereocenters. The van der Waals surface area contributed by atoms with Crippen molar-refractivity contribution in [3.8, 4) is 11.1 Å². The van der Waals surface area contributed by atoms with Gasteiger partial charge in [0.1, 0.15) is 6.54 Å². The minimum Gasteiger partial charge on any atom is -0.465 e. The van der Waals surface area contributed by atoms with E-state index in [9.17, 15) is 28.1 Å². The number of benzene rings is 1. The maximum Gasteiger partial charge on any atom is 0.408 e. The Morgan fingerprint density at radius 1 is 1.43 bits per heavy atom. The number of alkyl halides is 3. The van der Waals surface area contributed by atoms with Crippen molar-refractivity contribution in [3.05, 3.63) is 46.3 Å². The standard InChI is InChI=1S/C13H10F3N3O4/c1-23-12(20)11-4-9(19(21)22)2-3-10(11)8-5-17-18(6-8)7-13(14,15)16/h2-6H,7H2,1H3. The normalized spacial score (nSPS) is 11.3. The lowest BCUT2D eigenvalue weighted by Crippen LogP contribution is -2.17. The van der Waals surface area contributed by atoms with E-state index >= 15 is 0 Å². The lowest BCUT2D eigenvalue weighted by atomic mass is 10.0. The Balaban J connectivity index is 2.46. The molecule has 122 valence electrons. The van der Waals surface area contributed by atoms with Crippen molar-refractivity contribution in [2.45, 2.75) is 12.7 Å². The van der Waals surface area contributed by atoms with Crippen molar-refractivity contribution < 1.29 is 27.6 Å². The molecule has 0 saturated heterocycles. The van der Waals surface area contributed by atoms with E-state index < -0.39 is 23.6 Å². The van der Waals surface area contributed by atoms with Gasteiger partial charge in [0.15, 0.2) is 0 Å². The highest BCUT2D eigenvalue weighted by molar-refractivity contribution is 5.97. The van der Waals surface area contributed by atoms with Crippen molar-refractivity contribution in [2.24, 2.45) is 0 Å². The molecular weight excluding hydrogens is 319 g/mol. The van der Waals surface area contributed by atoms with E-state index in [-0.39, 0.29) is 22.4 Å². The van der Waals surface area contributed by atoms with Gasteiger partial charge >= 0.3 is 12.1 Å². The quantitative estimate of drug-likeness (QED) is 0.489. The molecule has 0 fully saturated rings. The number of carbonyl (C=O) groups is 1. The first-order valence-corrected chi connectivity index (χ1v) is 6.17. The van der Waals surface area contributed by atoms with Crippen LogP contribution in [0.2, 0.25) is 0 Å². The zero-order valence-electron chi connectivity index (χ0n) is 11.7. The van der Waals surface area contributed by atoms with Gasteiger partial charge in [-0.3, -0.25) is 14.8 Å². The van der Waals surface area contributed by atoms with Gasteiger partial charge in [-0.1, -0.05) is 0 Å². The van der Waals surface area contributed by atoms with Crippen molar-refractivity contribution in [3.63, 3.8) is 0 Å². The number of nitro groups is 1. The maximum atomic E-state index is 12.3. The van der Waals surface area contributed by atoms with Crippen molar-refractivity contribution in [1.82, 2.24) is 9.78 Å². The Bertz CT molecular complexity index is 755. The fraction of sp³-hybridized carbons (Fsp3) is 0.231. The fourth-order valence-electron chi connectivity index (χ4n) is 1.95. The molecule has 23 heavy (non-hydrogen) atoms. The first-order chi connectivity index (χ1) is 10.7. The summed E-state index contributed by atoms with van der Waals surface area (Å²) in [6.07, 6.45) is -2.20. The maximum absolute atomic E-state index is 12.3. The van der Waals surface area contributed by atoms with Crippen LogP contribution in [0.4, 0.5) is 18.9 Å². The van der Waals surface area contributed by atoms with E-state index in [0.29, 0.717) is 4.68 Å². The lowest BCUT2D eigenvalue weighted by Gasteiger charge is -2.07. The second-order valence-corrected chi connectivity index (χ2v) is 4.52. The molecule has 0 bridgehead atoms. The molecule has 7 nitrogen and oxygen atoms in total. The predicted octanol–water partition coefficient (Wildman–Crippen LogP) is 2.81. The second-order valence-electron chi connectivity index (χ2n) is 4.52. The van der Waals surface area contributed by atoms with Gasteiger partial charge in [0.2, 0.25) is 0 Å². The molecule has 0 aliphatic carbocycles. The van der Waals surface area contributed by atoms with E-state index in [1.807, 2.05) is 0 Å². The highest BCUT2D eigenvalue weighted by Gasteiger charge is 2.28. The third kappa shape index (κ3) is 3.84. The first-order valence-electron chi connectivity index (χ1n) is 6.17. The molecule has 1 aromatic carbocycles. The third-order valence-corrected chi connectivity index (χ3v) is 2.90. The summed E-state index contributed by atoms with van der Waals surface area (Å²) in [7, 11) is 1.10. The van der Waals surface area contributed by atoms with Gasteiger partial charge in [0.25, 0.3) is 5.69 Å². The number of methoxy groups -OCH3 is 1. The number of non-ortho nitro benzene ring substituents is 1. The van der Waals surface area contributed by atoms with Gasteiger partial charge in [-0.15, -0.1) is 0 Å². The predicted molar refractivity (Wildman–Crippen MR) is 71.7 cm³/mol. The number of carbonyl (C=O) groups excluding carboxylic acids is 1. The summed E-state index contributed by atoms with van der Waals surface area (Å²) >= 11 is 0. The van der Waals surface area contributed by atoms with Gasteiger partial charge in [0, 0.05) is 23.9 Å². The molecule has 0 amide bonds. The van der Waals surface area contributed by atoms with Gasteiger partial charge in [-0.2, -0.15) is 18.3 Å². The highest BCUT2D eigenvalue weighted by Crippen LogP contribution is 2.28. The highest BCUT2D eigenvalue weighted by atomic mass is 19.4. The zero-order chi connectivity index (χ0) is 17.2. The van der Waals surface area contributed by atoms with Crippen molar-refractivity contribution in [2.75, 3.05) is 7.11 Å². The molecule has 0 aliphatic rings. The van der Waals surface area contributed by atoms with Crippen LogP contribution >= 0.6 is 0 Å². The van der Waals surface area contributed by atoms with Crippen LogP contribution < -0.4 is 0 Å². The van der Waals surface area contributed by atoms with Gasteiger partial charge in [-0.25, -0.2) is 4.79 Å². The molecule has 0 spiro atoms. The Hall–Kier alpha value is -2.91. The average Bonchev–Trinajstić information content (AvgIpc) is 2.91. The first kappa shape index (κ1) is 16.5. The van der Waals surface area contributed by atoms with E-state index in [2.05, 4.69) is 9.84 Å². The summed E-state index contributed by atoms with van der Waals surface area (Å²) in [6, 6.07) is 3.41. The molecule has 1 aromatic heterocycles. The van der Waals surface area contributed by atoms with Crippen LogP contribution in [0.25, 0.3) is 11.1 Å². The molecule has 10 heteroatoms. The molecule has 0 aliphatic heterocycles. The minimum absolute atomic E-state index is 0.131. The fourth-order valence-corrected chi connectivity index (χ4v) is 1.95. The Morgan fingerprint density at radius 3 is 2.70 bits per heavy atom. The number of hydrogen-bond acceptors (Lipinski definition) is 5. The van der Waals surface area contributed by atoms with Gasteiger partial charge in [0.05, 0.1) is 23.8 Å². The monoisotopic (exact) mass is 329 g/mol. The summed E-state index contributed by atoms with van der Waals surface area (Å²) in [5, 5.41) is 14.4. The summed E-state index contributed by atoms with van der Waals surface area (Å²) in [5.74, 6) is -0.840. The number of ether oxygens (including phenoxy) is 1. The number of hydrogen-bond donors (Lipinski definition) is 0. The van der Waals surface area contributed by atoms with Gasteiger partial charge < -0.3 is 4.74 Å². The van der Waals surface area contributed by atoms with Crippen LogP contribution in [0.1, 0.15) is 10.4 Å². The smallest absolute Gasteiger partial charge is 0.408 e. The Labute approximate surface area is 127 Å². The van der Waals surface area contributed by atoms with Crippen LogP contribution in [0.15, 0.2) is 30.6 Å². The van der Waals surface area contributed by atoms with E-state index in [1.54, 1.807) is 0 Å². The van der Waals surface area contributed by atoms with Crippen molar-refractivity contribution in [1.29, 1.82) is 0 Å². The molecule has 0 atom stereocenters. The molecule has 0 N–H and O–H groups in total. The van der Waals surface area contributed by atoms with Crippen molar-refractivity contribution >= 4 is 11.7 Å². The van der Waals surface area contributed by atoms with Crippen LogP contribution in [0.3, 0.4) is 0 Å². The summed E-state index contributed by atoms with van der Waals surface area (Å²) in [6.45, 7) is -1.28. The number of esters is 1. The molecule has 2 rings (SSSR count). The van der Waals surface area contributed by atoms with E-state index in [4.69, 9.17) is 0 Å². The number of aromatic nitrogens is 2. The van der Waals surface area contributed by atoms with Crippen LogP contribution in [0, 0.1) is 10.1 Å². The average molecular weight is 329 g/mol. The number of nitrogens with zero attached hydrogens (tertiary/aromatic N) is 3. The number of nitro benzene ring substituents is 1. The molecule has 2 aromatic rings. The number of halogens is 3. The topological polar surface area (TPSA) is 87.3 Å². The molecule has 0 radical (unpaired) electrons. The number of rotatable bonds is 4. The van der Waals surface area contributed by atoms with E-state index in [1.165, 1.54) is 6.07 Å². The third-order valence-electron chi connectivity index (χ3n) is 2.90. The second kappa shape index (κ2) is 6.07. The zero-order valence-corrected chi connectivity index (χ0v) is 11.7. The Kier molecular flexibility index (Phi) is 4.34. The summed E-state index contributed by atoms with van der Waals surface area (Å²) < 4.78 is 42.3. The van der Waals surface area contributed by atoms with Crippen LogP contribution in [-0.2, 0) is 11.3 Å². The lowest BCUT2D eigenvalue weighted by molar-refractivity contribution is -0.384. The van der Waals surface area contributed by atoms with E-state index in [0.717, 1.165) is 31.6 Å². The van der Waals surface area contributed by atoms with Gasteiger partial charge in [-0.05, 0) is 11.6 Å². The summed E-state index contributed by atoms with van der Waals surface area (Å²) in [4.78, 5) is 21.9. The molecule has 1 heterocycles. The SMILES string of the molecule is COC(=O)c1cc([N+](=O)[O-])ccc1-c1cnn(CC(F)(F)F)c1. The largest absolute Gasteiger partial charge is 0.465 e. The minimum atomic E-state index is -4.44. The molecular formula is C13H10F3N3O4. The molecule has 0 saturated carbocycles. The Morgan fingerprint density at radius 2 is 2.13 bits per heavy atom. The van der Waals surface area contributed by atoms with Crippen LogP contribution in [-0.4, -0.2) is 34.0 Å².